The number of benzene rings is 1. The Labute approximate surface area is 119 Å². The van der Waals surface area contributed by atoms with E-state index in [0.717, 1.165) is 11.1 Å². The molecule has 1 heterocycles. The van der Waals surface area contributed by atoms with Gasteiger partial charge >= 0.3 is 0 Å². The Bertz CT molecular complexity index is 584. The predicted octanol–water partition coefficient (Wildman–Crippen LogP) is 0.335. The van der Waals surface area contributed by atoms with Crippen LogP contribution in [0.4, 0.5) is 0 Å². The average molecular weight is 296 g/mol. The summed E-state index contributed by atoms with van der Waals surface area (Å²) in [4.78, 5) is 13.9. The molecule has 6 heteroatoms. The third-order valence-electron chi connectivity index (χ3n) is 3.59. The van der Waals surface area contributed by atoms with E-state index in [9.17, 15) is 13.2 Å². The maximum absolute atomic E-state index is 12.3. The molecule has 0 aliphatic carbocycles. The Morgan fingerprint density at radius 1 is 1.15 bits per heavy atom. The number of carbonyl (C=O) groups is 1. The molecule has 0 unspecified atom stereocenters. The molecule has 0 aromatic heterocycles. The number of carbonyl (C=O) groups excluding carboxylic acids is 1. The molecule has 1 fully saturated rings. The fraction of sp³-hybridized carbons (Fsp3) is 0.500. The molecule has 0 radical (unpaired) electrons. The third kappa shape index (κ3) is 3.80. The number of rotatable bonds is 3. The summed E-state index contributed by atoms with van der Waals surface area (Å²) >= 11 is 0. The lowest BCUT2D eigenvalue weighted by Crippen LogP contribution is -2.35. The van der Waals surface area contributed by atoms with Crippen LogP contribution in [0.5, 0.6) is 0 Å². The van der Waals surface area contributed by atoms with E-state index < -0.39 is 9.84 Å². The van der Waals surface area contributed by atoms with Gasteiger partial charge in [-0.05, 0) is 17.5 Å². The minimum atomic E-state index is -2.99. The second-order valence-electron chi connectivity index (χ2n) is 5.04. The maximum Gasteiger partial charge on any atom is 0.227 e. The molecule has 1 aliphatic heterocycles. The Kier molecular flexibility index (Phi) is 4.77. The van der Waals surface area contributed by atoms with Gasteiger partial charge in [-0.2, -0.15) is 0 Å². The van der Waals surface area contributed by atoms with Crippen molar-refractivity contribution in [1.82, 2.24) is 4.90 Å². The van der Waals surface area contributed by atoms with E-state index in [1.807, 2.05) is 24.3 Å². The van der Waals surface area contributed by atoms with Gasteiger partial charge in [0.25, 0.3) is 0 Å². The first-order valence-corrected chi connectivity index (χ1v) is 8.59. The number of hydrogen-bond donors (Lipinski definition) is 1. The van der Waals surface area contributed by atoms with Crippen LogP contribution in [0.2, 0.25) is 0 Å². The van der Waals surface area contributed by atoms with Crippen molar-refractivity contribution in [2.24, 2.45) is 5.73 Å². The van der Waals surface area contributed by atoms with Gasteiger partial charge in [0.1, 0.15) is 0 Å². The molecule has 5 nitrogen and oxygen atoms in total. The van der Waals surface area contributed by atoms with Crippen molar-refractivity contribution in [3.63, 3.8) is 0 Å². The molecule has 1 saturated heterocycles. The van der Waals surface area contributed by atoms with Crippen LogP contribution in [0.25, 0.3) is 0 Å². The van der Waals surface area contributed by atoms with Gasteiger partial charge < -0.3 is 10.6 Å². The van der Waals surface area contributed by atoms with Crippen LogP contribution >= 0.6 is 0 Å². The lowest BCUT2D eigenvalue weighted by molar-refractivity contribution is -0.130. The average Bonchev–Trinajstić information content (AvgIpc) is 2.60. The van der Waals surface area contributed by atoms with Crippen molar-refractivity contribution in [3.8, 4) is 0 Å². The zero-order chi connectivity index (χ0) is 14.6. The standard InChI is InChI=1S/C14H20N2O3S/c15-11-13-5-2-1-4-12(13)10-14(17)16-6-3-8-20(18,19)9-7-16/h1-2,4-5H,3,6-11,15H2. The minimum Gasteiger partial charge on any atom is -0.341 e. The van der Waals surface area contributed by atoms with Gasteiger partial charge in [0.15, 0.2) is 9.84 Å². The van der Waals surface area contributed by atoms with E-state index in [1.165, 1.54) is 0 Å². The van der Waals surface area contributed by atoms with Crippen molar-refractivity contribution in [2.75, 3.05) is 24.6 Å². The fourth-order valence-corrected chi connectivity index (χ4v) is 3.66. The number of hydrogen-bond acceptors (Lipinski definition) is 4. The quantitative estimate of drug-likeness (QED) is 0.872. The van der Waals surface area contributed by atoms with Crippen molar-refractivity contribution < 1.29 is 13.2 Å². The summed E-state index contributed by atoms with van der Waals surface area (Å²) in [6.45, 7) is 1.21. The van der Waals surface area contributed by atoms with Gasteiger partial charge in [-0.25, -0.2) is 8.42 Å². The first-order chi connectivity index (χ1) is 9.52. The first-order valence-electron chi connectivity index (χ1n) is 6.77. The molecular weight excluding hydrogens is 276 g/mol. The van der Waals surface area contributed by atoms with Gasteiger partial charge in [0.05, 0.1) is 17.9 Å². The highest BCUT2D eigenvalue weighted by molar-refractivity contribution is 7.91. The van der Waals surface area contributed by atoms with Crippen LogP contribution < -0.4 is 5.73 Å². The Morgan fingerprint density at radius 2 is 1.85 bits per heavy atom. The van der Waals surface area contributed by atoms with Gasteiger partial charge in [-0.15, -0.1) is 0 Å². The summed E-state index contributed by atoms with van der Waals surface area (Å²) in [6, 6.07) is 7.59. The maximum atomic E-state index is 12.3. The predicted molar refractivity (Wildman–Crippen MR) is 77.9 cm³/mol. The van der Waals surface area contributed by atoms with E-state index in [4.69, 9.17) is 5.73 Å². The smallest absolute Gasteiger partial charge is 0.227 e. The van der Waals surface area contributed by atoms with E-state index in [1.54, 1.807) is 4.90 Å². The highest BCUT2D eigenvalue weighted by Crippen LogP contribution is 2.12. The van der Waals surface area contributed by atoms with Gasteiger partial charge in [0, 0.05) is 19.6 Å². The van der Waals surface area contributed by atoms with E-state index in [2.05, 4.69) is 0 Å². The highest BCUT2D eigenvalue weighted by atomic mass is 32.2. The fourth-order valence-electron chi connectivity index (χ4n) is 2.39. The van der Waals surface area contributed by atoms with Crippen LogP contribution in [-0.2, 0) is 27.6 Å². The lowest BCUT2D eigenvalue weighted by atomic mass is 10.0. The summed E-state index contributed by atoms with van der Waals surface area (Å²) in [7, 11) is -2.99. The van der Waals surface area contributed by atoms with Gasteiger partial charge in [-0.3, -0.25) is 4.79 Å². The van der Waals surface area contributed by atoms with Crippen LogP contribution in [0.15, 0.2) is 24.3 Å². The second-order valence-corrected chi connectivity index (χ2v) is 7.34. The molecule has 0 bridgehead atoms. The van der Waals surface area contributed by atoms with E-state index >= 15 is 0 Å². The molecule has 0 atom stereocenters. The van der Waals surface area contributed by atoms with Gasteiger partial charge in [0.2, 0.25) is 5.91 Å². The first kappa shape index (κ1) is 15.0. The number of nitrogens with zero attached hydrogens (tertiary/aromatic N) is 1. The lowest BCUT2D eigenvalue weighted by Gasteiger charge is -2.20. The molecule has 0 saturated carbocycles. The van der Waals surface area contributed by atoms with Gasteiger partial charge in [-0.1, -0.05) is 24.3 Å². The van der Waals surface area contributed by atoms with Crippen molar-refractivity contribution in [1.29, 1.82) is 0 Å². The third-order valence-corrected chi connectivity index (χ3v) is 5.30. The molecular formula is C14H20N2O3S. The van der Waals surface area contributed by atoms with E-state index in [0.29, 0.717) is 26.1 Å². The minimum absolute atomic E-state index is 0.0250. The number of sulfone groups is 1. The molecule has 1 aromatic carbocycles. The zero-order valence-corrected chi connectivity index (χ0v) is 12.2. The molecule has 2 N–H and O–H groups in total. The van der Waals surface area contributed by atoms with Crippen LogP contribution in [0.3, 0.4) is 0 Å². The SMILES string of the molecule is NCc1ccccc1CC(=O)N1CCCS(=O)(=O)CC1. The normalized spacial score (nSPS) is 18.6. The highest BCUT2D eigenvalue weighted by Gasteiger charge is 2.22. The topological polar surface area (TPSA) is 80.5 Å². The Hall–Kier alpha value is -1.40. The molecule has 20 heavy (non-hydrogen) atoms. The summed E-state index contributed by atoms with van der Waals surface area (Å²) in [5.41, 5.74) is 7.55. The molecule has 110 valence electrons. The largest absolute Gasteiger partial charge is 0.341 e. The second kappa shape index (κ2) is 6.37. The monoisotopic (exact) mass is 296 g/mol. The zero-order valence-electron chi connectivity index (χ0n) is 11.4. The molecule has 1 aliphatic rings. The summed E-state index contributed by atoms with van der Waals surface area (Å²) in [5, 5.41) is 0. The van der Waals surface area contributed by atoms with Crippen LogP contribution in [-0.4, -0.2) is 43.8 Å². The van der Waals surface area contributed by atoms with Crippen molar-refractivity contribution in [3.05, 3.63) is 35.4 Å². The van der Waals surface area contributed by atoms with Crippen LogP contribution in [0.1, 0.15) is 17.5 Å². The van der Waals surface area contributed by atoms with E-state index in [-0.39, 0.29) is 23.8 Å². The summed E-state index contributed by atoms with van der Waals surface area (Å²) in [5.74, 6) is 0.218. The van der Waals surface area contributed by atoms with Crippen molar-refractivity contribution >= 4 is 15.7 Å². The Morgan fingerprint density at radius 3 is 2.55 bits per heavy atom. The Balaban J connectivity index is 2.05. The summed E-state index contributed by atoms with van der Waals surface area (Å²) in [6.07, 6.45) is 0.806. The van der Waals surface area contributed by atoms with Crippen molar-refractivity contribution in [2.45, 2.75) is 19.4 Å². The molecule has 2 rings (SSSR count). The number of amides is 1. The van der Waals surface area contributed by atoms with Crippen LogP contribution in [0, 0.1) is 0 Å². The number of nitrogens with two attached hydrogens (primary N) is 1. The molecule has 0 spiro atoms. The molecule has 1 aromatic rings. The molecule has 1 amide bonds. The summed E-state index contributed by atoms with van der Waals surface area (Å²) < 4.78 is 23.1.